The summed E-state index contributed by atoms with van der Waals surface area (Å²) in [5.41, 5.74) is 0.445. The van der Waals surface area contributed by atoms with Crippen LogP contribution >= 0.6 is 0 Å². The average Bonchev–Trinajstić information content (AvgIpc) is 2.60. The van der Waals surface area contributed by atoms with E-state index in [-0.39, 0.29) is 5.75 Å². The molecular weight excluding hydrogens is 322 g/mol. The normalized spacial score (nSPS) is 21.0. The van der Waals surface area contributed by atoms with Gasteiger partial charge >= 0.3 is 0 Å². The van der Waals surface area contributed by atoms with E-state index in [1.807, 2.05) is 6.92 Å². The SMILES string of the molecule is CCCCC[Si@H]1CC[C@H](COc2ccc(CCC)c(F)c2F)CC1. The Kier molecular flexibility index (Phi) is 8.23. The second-order valence-electron chi connectivity index (χ2n) is 7.29. The van der Waals surface area contributed by atoms with Crippen molar-refractivity contribution in [3.05, 3.63) is 29.3 Å². The van der Waals surface area contributed by atoms with Crippen LogP contribution in [0.25, 0.3) is 0 Å². The van der Waals surface area contributed by atoms with Crippen LogP contribution < -0.4 is 4.74 Å². The van der Waals surface area contributed by atoms with Gasteiger partial charge in [0.1, 0.15) is 0 Å². The zero-order valence-electron chi connectivity index (χ0n) is 15.3. The lowest BCUT2D eigenvalue weighted by atomic mass is 10.0. The Hall–Kier alpha value is -0.903. The highest BCUT2D eigenvalue weighted by atomic mass is 28.3. The standard InChI is InChI=1S/C20H32F2OSi/c1-3-5-6-12-24-13-10-16(11-14-24)15-23-18-9-8-17(7-4-2)19(21)20(18)22/h8-9,16,24H,3-7,10-15H2,1-2H3/t16-,24-. The van der Waals surface area contributed by atoms with Gasteiger partial charge in [0.25, 0.3) is 0 Å². The van der Waals surface area contributed by atoms with Crippen molar-refractivity contribution in [3.8, 4) is 5.75 Å². The molecule has 0 atom stereocenters. The fraction of sp³-hybridized carbons (Fsp3) is 0.700. The summed E-state index contributed by atoms with van der Waals surface area (Å²) < 4.78 is 33.7. The van der Waals surface area contributed by atoms with E-state index < -0.39 is 20.4 Å². The van der Waals surface area contributed by atoms with Crippen molar-refractivity contribution in [2.45, 2.75) is 76.9 Å². The van der Waals surface area contributed by atoms with Crippen LogP contribution in [-0.4, -0.2) is 15.4 Å². The van der Waals surface area contributed by atoms with Crippen LogP contribution in [0.15, 0.2) is 12.1 Å². The molecule has 0 saturated carbocycles. The number of ether oxygens (including phenoxy) is 1. The van der Waals surface area contributed by atoms with Gasteiger partial charge in [-0.05, 0) is 36.8 Å². The largest absolute Gasteiger partial charge is 0.490 e. The molecule has 4 heteroatoms. The highest BCUT2D eigenvalue weighted by Crippen LogP contribution is 2.30. The predicted molar refractivity (Wildman–Crippen MR) is 99.7 cm³/mol. The minimum Gasteiger partial charge on any atom is -0.490 e. The van der Waals surface area contributed by atoms with Gasteiger partial charge in [0.15, 0.2) is 11.6 Å². The smallest absolute Gasteiger partial charge is 0.200 e. The number of unbranched alkanes of at least 4 members (excludes halogenated alkanes) is 2. The van der Waals surface area contributed by atoms with Crippen molar-refractivity contribution < 1.29 is 13.5 Å². The second kappa shape index (κ2) is 10.2. The summed E-state index contributed by atoms with van der Waals surface area (Å²) in [5.74, 6) is -0.961. The van der Waals surface area contributed by atoms with Gasteiger partial charge in [0.2, 0.25) is 5.82 Å². The van der Waals surface area contributed by atoms with Crippen molar-refractivity contribution >= 4 is 8.80 Å². The van der Waals surface area contributed by atoms with E-state index in [0.717, 1.165) is 6.42 Å². The zero-order valence-corrected chi connectivity index (χ0v) is 16.4. The molecule has 1 aliphatic heterocycles. The molecule has 1 aromatic rings. The molecule has 0 radical (unpaired) electrons. The molecule has 136 valence electrons. The Morgan fingerprint density at radius 2 is 1.79 bits per heavy atom. The first-order valence-electron chi connectivity index (χ1n) is 9.75. The Morgan fingerprint density at radius 1 is 1.04 bits per heavy atom. The molecule has 1 aromatic carbocycles. The van der Waals surface area contributed by atoms with Crippen molar-refractivity contribution in [3.63, 3.8) is 0 Å². The van der Waals surface area contributed by atoms with E-state index in [1.54, 1.807) is 12.1 Å². The molecule has 0 unspecified atom stereocenters. The first-order valence-corrected chi connectivity index (χ1v) is 12.2. The summed E-state index contributed by atoms with van der Waals surface area (Å²) in [7, 11) is -0.518. The maximum absolute atomic E-state index is 14.1. The number of rotatable bonds is 9. The summed E-state index contributed by atoms with van der Waals surface area (Å²) in [6.07, 6.45) is 7.87. The van der Waals surface area contributed by atoms with Gasteiger partial charge in [-0.3, -0.25) is 0 Å². The third kappa shape index (κ3) is 5.57. The van der Waals surface area contributed by atoms with Gasteiger partial charge in [-0.25, -0.2) is 4.39 Å². The summed E-state index contributed by atoms with van der Waals surface area (Å²) >= 11 is 0. The van der Waals surface area contributed by atoms with Gasteiger partial charge in [-0.2, -0.15) is 4.39 Å². The molecule has 24 heavy (non-hydrogen) atoms. The Morgan fingerprint density at radius 3 is 2.46 bits per heavy atom. The minimum absolute atomic E-state index is 0.0784. The molecule has 0 aromatic heterocycles. The van der Waals surface area contributed by atoms with Crippen LogP contribution in [0.1, 0.15) is 57.9 Å². The number of benzene rings is 1. The third-order valence-electron chi connectivity index (χ3n) is 5.30. The summed E-state index contributed by atoms with van der Waals surface area (Å²) in [5, 5.41) is 0. The third-order valence-corrected chi connectivity index (χ3v) is 8.83. The molecule has 0 spiro atoms. The van der Waals surface area contributed by atoms with Crippen molar-refractivity contribution in [2.24, 2.45) is 5.92 Å². The average molecular weight is 355 g/mol. The molecule has 1 saturated heterocycles. The van der Waals surface area contributed by atoms with E-state index >= 15 is 0 Å². The Bertz CT molecular complexity index is 499. The second-order valence-corrected chi connectivity index (χ2v) is 10.8. The molecule has 0 N–H and O–H groups in total. The minimum atomic E-state index is -0.816. The number of aryl methyl sites for hydroxylation is 1. The van der Waals surface area contributed by atoms with E-state index in [1.165, 1.54) is 50.2 Å². The fourth-order valence-electron chi connectivity index (χ4n) is 3.72. The molecule has 1 fully saturated rings. The lowest BCUT2D eigenvalue weighted by molar-refractivity contribution is 0.224. The number of hydrogen-bond donors (Lipinski definition) is 0. The lowest BCUT2D eigenvalue weighted by Crippen LogP contribution is -2.25. The van der Waals surface area contributed by atoms with Gasteiger partial charge in [-0.1, -0.05) is 63.7 Å². The van der Waals surface area contributed by atoms with Crippen LogP contribution in [0, 0.1) is 17.6 Å². The van der Waals surface area contributed by atoms with Gasteiger partial charge in [-0.15, -0.1) is 0 Å². The summed E-state index contributed by atoms with van der Waals surface area (Å²) in [6.45, 7) is 4.75. The first-order chi connectivity index (χ1) is 11.7. The van der Waals surface area contributed by atoms with Crippen LogP contribution in [0.3, 0.4) is 0 Å². The number of hydrogen-bond acceptors (Lipinski definition) is 1. The van der Waals surface area contributed by atoms with Gasteiger partial charge in [0, 0.05) is 8.80 Å². The quantitative estimate of drug-likeness (QED) is 0.383. The predicted octanol–water partition coefficient (Wildman–Crippen LogP) is 6.12. The van der Waals surface area contributed by atoms with E-state index in [4.69, 9.17) is 4.74 Å². The van der Waals surface area contributed by atoms with Gasteiger partial charge in [0.05, 0.1) is 6.61 Å². The van der Waals surface area contributed by atoms with Crippen LogP contribution in [-0.2, 0) is 6.42 Å². The van der Waals surface area contributed by atoms with E-state index in [9.17, 15) is 8.78 Å². The molecule has 1 heterocycles. The zero-order chi connectivity index (χ0) is 17.4. The molecule has 1 aliphatic rings. The molecule has 0 aliphatic carbocycles. The van der Waals surface area contributed by atoms with Crippen LogP contribution in [0.5, 0.6) is 5.75 Å². The lowest BCUT2D eigenvalue weighted by Gasteiger charge is -2.27. The highest BCUT2D eigenvalue weighted by molar-refractivity contribution is 6.58. The summed E-state index contributed by atoms with van der Waals surface area (Å²) in [6, 6.07) is 7.53. The van der Waals surface area contributed by atoms with Crippen molar-refractivity contribution in [2.75, 3.05) is 6.61 Å². The monoisotopic (exact) mass is 354 g/mol. The topological polar surface area (TPSA) is 9.23 Å². The number of halogens is 2. The first kappa shape index (κ1) is 19.4. The molecule has 0 amide bonds. The van der Waals surface area contributed by atoms with E-state index in [0.29, 0.717) is 24.5 Å². The van der Waals surface area contributed by atoms with E-state index in [2.05, 4.69) is 6.92 Å². The molecule has 0 bridgehead atoms. The Balaban J connectivity index is 1.77. The fourth-order valence-corrected chi connectivity index (χ4v) is 7.34. The molecular formula is C20H32F2OSi. The molecule has 1 nitrogen and oxygen atoms in total. The summed E-state index contributed by atoms with van der Waals surface area (Å²) in [4.78, 5) is 0. The Labute approximate surface area is 147 Å². The van der Waals surface area contributed by atoms with Crippen LogP contribution in [0.2, 0.25) is 18.1 Å². The van der Waals surface area contributed by atoms with Crippen molar-refractivity contribution in [1.82, 2.24) is 0 Å². The maximum atomic E-state index is 14.1. The van der Waals surface area contributed by atoms with Crippen molar-refractivity contribution in [1.29, 1.82) is 0 Å². The van der Waals surface area contributed by atoms with Gasteiger partial charge < -0.3 is 4.74 Å². The highest BCUT2D eigenvalue weighted by Gasteiger charge is 2.23. The maximum Gasteiger partial charge on any atom is 0.200 e. The molecule has 2 rings (SSSR count). The van der Waals surface area contributed by atoms with Crippen LogP contribution in [0.4, 0.5) is 8.78 Å².